The number of aliphatic carboxylic acids is 1. The van der Waals surface area contributed by atoms with E-state index in [0.29, 0.717) is 19.3 Å². The Balaban J connectivity index is 2.75. The monoisotopic (exact) mass is 1020 g/mol. The van der Waals surface area contributed by atoms with Crippen molar-refractivity contribution >= 4 is 23.9 Å². The maximum atomic E-state index is 13.1. The lowest BCUT2D eigenvalue weighted by Crippen LogP contribution is -2.61. The number of carboxylic acid groups (broad SMARTS) is 1. The number of carbonyl (C=O) groups is 4. The molecular weight excluding hydrogens is 925 g/mol. The smallest absolute Gasteiger partial charge is 0.335 e. The summed E-state index contributed by atoms with van der Waals surface area (Å²) < 4.78 is 28.3. The average Bonchev–Trinajstić information content (AvgIpc) is 3.37. The van der Waals surface area contributed by atoms with Gasteiger partial charge in [-0.15, -0.1) is 0 Å². The molecule has 0 amide bonds. The Hall–Kier alpha value is -4.36. The minimum absolute atomic E-state index is 0.0376. The van der Waals surface area contributed by atoms with Crippen molar-refractivity contribution in [1.82, 2.24) is 0 Å². The highest BCUT2D eigenvalue weighted by atomic mass is 16.7. The first-order valence-electron chi connectivity index (χ1n) is 28.2. The van der Waals surface area contributed by atoms with Crippen LogP contribution >= 0.6 is 0 Å². The molecule has 0 aromatic rings. The molecule has 12 nitrogen and oxygen atoms in total. The molecule has 12 heteroatoms. The molecule has 1 rings (SSSR count). The Morgan fingerprint density at radius 2 is 0.890 bits per heavy atom. The van der Waals surface area contributed by atoms with Gasteiger partial charge in [0.15, 0.2) is 24.6 Å². The van der Waals surface area contributed by atoms with Crippen LogP contribution in [0.25, 0.3) is 0 Å². The number of hydrogen-bond acceptors (Lipinski definition) is 11. The summed E-state index contributed by atoms with van der Waals surface area (Å²) in [5.41, 5.74) is 0. The average molecular weight is 1020 g/mol. The van der Waals surface area contributed by atoms with Crippen LogP contribution in [0.15, 0.2) is 97.2 Å². The number of aliphatic hydroxyl groups is 2. The van der Waals surface area contributed by atoms with E-state index in [1.54, 1.807) is 0 Å². The van der Waals surface area contributed by atoms with E-state index >= 15 is 0 Å². The van der Waals surface area contributed by atoms with Crippen molar-refractivity contribution in [3.63, 3.8) is 0 Å². The summed E-state index contributed by atoms with van der Waals surface area (Å²) >= 11 is 0. The molecule has 1 saturated heterocycles. The normalized spacial score (nSPS) is 19.1. The van der Waals surface area contributed by atoms with Crippen LogP contribution < -0.4 is 0 Å². The highest BCUT2D eigenvalue weighted by Gasteiger charge is 2.50. The largest absolute Gasteiger partial charge is 0.479 e. The molecule has 1 aliphatic rings. The first kappa shape index (κ1) is 66.7. The molecular formula is C61H98O12. The van der Waals surface area contributed by atoms with Crippen molar-refractivity contribution in [2.24, 2.45) is 0 Å². The molecule has 0 aliphatic carbocycles. The lowest BCUT2D eigenvalue weighted by molar-refractivity contribution is -0.301. The Bertz CT molecular complexity index is 1640. The third-order valence-corrected chi connectivity index (χ3v) is 12.1. The number of rotatable bonds is 46. The molecule has 0 bridgehead atoms. The number of aliphatic hydroxyl groups excluding tert-OH is 2. The lowest BCUT2D eigenvalue weighted by atomic mass is 9.98. The zero-order valence-electron chi connectivity index (χ0n) is 45.3. The van der Waals surface area contributed by atoms with E-state index in [2.05, 4.69) is 106 Å². The van der Waals surface area contributed by atoms with Gasteiger partial charge in [-0.05, 0) is 103 Å². The molecule has 0 aromatic carbocycles. The molecule has 1 fully saturated rings. The Morgan fingerprint density at radius 3 is 1.38 bits per heavy atom. The zero-order chi connectivity index (χ0) is 53.3. The second-order valence-electron chi connectivity index (χ2n) is 18.8. The first-order valence-corrected chi connectivity index (χ1v) is 28.2. The van der Waals surface area contributed by atoms with Gasteiger partial charge < -0.3 is 39.0 Å². The Labute approximate surface area is 441 Å². The molecule has 0 spiro atoms. The van der Waals surface area contributed by atoms with E-state index in [0.717, 1.165) is 128 Å². The fraction of sp³-hybridized carbons (Fsp3) is 0.672. The van der Waals surface area contributed by atoms with Crippen LogP contribution in [0.4, 0.5) is 0 Å². The number of esters is 3. The molecule has 6 unspecified atom stereocenters. The van der Waals surface area contributed by atoms with Gasteiger partial charge in [0, 0.05) is 19.3 Å². The topological polar surface area (TPSA) is 175 Å². The lowest BCUT2D eigenvalue weighted by Gasteiger charge is -2.40. The van der Waals surface area contributed by atoms with E-state index < -0.39 is 67.3 Å². The van der Waals surface area contributed by atoms with E-state index in [1.807, 2.05) is 12.2 Å². The van der Waals surface area contributed by atoms with Gasteiger partial charge in [0.25, 0.3) is 0 Å². The summed E-state index contributed by atoms with van der Waals surface area (Å²) in [7, 11) is 0. The van der Waals surface area contributed by atoms with Crippen molar-refractivity contribution in [3.8, 4) is 0 Å². The van der Waals surface area contributed by atoms with Gasteiger partial charge in [0.2, 0.25) is 0 Å². The maximum Gasteiger partial charge on any atom is 0.335 e. The molecule has 1 aliphatic heterocycles. The maximum absolute atomic E-state index is 13.1. The number of allylic oxidation sites excluding steroid dienone is 16. The molecule has 0 saturated carbocycles. The van der Waals surface area contributed by atoms with Gasteiger partial charge in [0.1, 0.15) is 18.8 Å². The van der Waals surface area contributed by atoms with Crippen molar-refractivity contribution < 1.29 is 58.2 Å². The molecule has 6 atom stereocenters. The Kier molecular flexibility index (Phi) is 44.4. The fourth-order valence-corrected chi connectivity index (χ4v) is 7.86. The highest BCUT2D eigenvalue weighted by molar-refractivity contribution is 5.74. The van der Waals surface area contributed by atoms with Gasteiger partial charge in [-0.25, -0.2) is 4.79 Å². The Morgan fingerprint density at radius 1 is 0.466 bits per heavy atom. The molecule has 3 N–H and O–H groups in total. The van der Waals surface area contributed by atoms with Gasteiger partial charge in [-0.1, -0.05) is 189 Å². The summed E-state index contributed by atoms with van der Waals surface area (Å²) in [6.45, 7) is 5.66. The van der Waals surface area contributed by atoms with Gasteiger partial charge >= 0.3 is 23.9 Å². The SMILES string of the molecule is CC/C=C\C/C=C\C/C=C\C/C=C\CCC(=O)OCC(COC1OC(C(=O)O)C(O)C(O)C1OC(=O)CCCCCCCCC/C=C\C/C=C\C/C=C\CC)OC(=O)CCCCCCC/C=C\CCCCCC. The first-order chi connectivity index (χ1) is 35.6. The predicted octanol–water partition coefficient (Wildman–Crippen LogP) is 14.1. The molecule has 1 heterocycles. The van der Waals surface area contributed by atoms with Gasteiger partial charge in [0.05, 0.1) is 6.61 Å². The molecule has 73 heavy (non-hydrogen) atoms. The van der Waals surface area contributed by atoms with Crippen LogP contribution in [0, 0.1) is 0 Å². The number of ether oxygens (including phenoxy) is 5. The van der Waals surface area contributed by atoms with E-state index in [-0.39, 0.29) is 25.9 Å². The van der Waals surface area contributed by atoms with Crippen LogP contribution in [-0.4, -0.2) is 89.2 Å². The van der Waals surface area contributed by atoms with Crippen LogP contribution in [0.3, 0.4) is 0 Å². The van der Waals surface area contributed by atoms with Gasteiger partial charge in [-0.3, -0.25) is 14.4 Å². The van der Waals surface area contributed by atoms with Gasteiger partial charge in [-0.2, -0.15) is 0 Å². The number of hydrogen-bond donors (Lipinski definition) is 3. The van der Waals surface area contributed by atoms with Crippen LogP contribution in [-0.2, 0) is 42.9 Å². The van der Waals surface area contributed by atoms with E-state index in [9.17, 15) is 34.5 Å². The van der Waals surface area contributed by atoms with Crippen LogP contribution in [0.5, 0.6) is 0 Å². The molecule has 0 radical (unpaired) electrons. The summed E-state index contributed by atoms with van der Waals surface area (Å²) in [5, 5.41) is 31.4. The minimum Gasteiger partial charge on any atom is -0.479 e. The quantitative estimate of drug-likeness (QED) is 0.0228. The van der Waals surface area contributed by atoms with Crippen molar-refractivity contribution in [2.75, 3.05) is 13.2 Å². The van der Waals surface area contributed by atoms with E-state index in [1.165, 1.54) is 25.7 Å². The molecule has 0 aromatic heterocycles. The number of carboxylic acids is 1. The second kappa shape index (κ2) is 48.6. The van der Waals surface area contributed by atoms with Crippen LogP contribution in [0.1, 0.15) is 213 Å². The summed E-state index contributed by atoms with van der Waals surface area (Å²) in [4.78, 5) is 51.0. The van der Waals surface area contributed by atoms with Crippen molar-refractivity contribution in [3.05, 3.63) is 97.2 Å². The zero-order valence-corrected chi connectivity index (χ0v) is 45.3. The summed E-state index contributed by atoms with van der Waals surface area (Å²) in [5.74, 6) is -3.26. The third-order valence-electron chi connectivity index (χ3n) is 12.1. The number of unbranched alkanes of at least 4 members (excludes halogenated alkanes) is 16. The highest BCUT2D eigenvalue weighted by Crippen LogP contribution is 2.26. The van der Waals surface area contributed by atoms with E-state index in [4.69, 9.17) is 23.7 Å². The fourth-order valence-electron chi connectivity index (χ4n) is 7.86. The minimum atomic E-state index is -1.92. The van der Waals surface area contributed by atoms with Crippen LogP contribution in [0.2, 0.25) is 0 Å². The summed E-state index contributed by atoms with van der Waals surface area (Å²) in [6.07, 6.45) is 51.1. The van der Waals surface area contributed by atoms with Crippen molar-refractivity contribution in [2.45, 2.75) is 250 Å². The molecule has 414 valence electrons. The summed E-state index contributed by atoms with van der Waals surface area (Å²) in [6, 6.07) is 0. The second-order valence-corrected chi connectivity index (χ2v) is 18.8. The standard InChI is InChI=1S/C61H98O12/c1-4-7-10-13-16-19-22-25-26-27-28-31-34-37-40-43-46-49-55(64)72-59-57(66)56(65)58(60(67)68)73-61(59)70-51-52(71-54(63)48-45-42-39-36-33-30-24-21-18-15-12-9-6-3)50-69-53(62)47-44-41-38-35-32-29-23-20-17-14-11-8-5-2/h7-8,10-11,16-17,19-21,24-26,29,32,38,41,52,56-59,61,65-66H,4-6,9,12-15,18,22-23,27-28,30-31,33-37,39-40,42-51H2,1-3H3,(H,67,68)/b10-7-,11-8-,19-16-,20-17-,24-21-,26-25-,32-29-,41-38-. The predicted molar refractivity (Wildman–Crippen MR) is 294 cm³/mol. The number of carbonyl (C=O) groups excluding carboxylic acids is 3. The third kappa shape index (κ3) is 38.8. The van der Waals surface area contributed by atoms with Crippen molar-refractivity contribution in [1.29, 1.82) is 0 Å².